The number of hydrogen-bond donors (Lipinski definition) is 0. The van der Waals surface area contributed by atoms with Gasteiger partial charge >= 0.3 is 0 Å². The van der Waals surface area contributed by atoms with Crippen molar-refractivity contribution in [3.05, 3.63) is 51.9 Å². The van der Waals surface area contributed by atoms with Crippen molar-refractivity contribution in [1.82, 2.24) is 18.6 Å². The molecule has 0 unspecified atom stereocenters. The fourth-order valence-corrected chi connectivity index (χ4v) is 5.84. The number of ether oxygens (including phenoxy) is 2. The fraction of sp³-hybridized carbons (Fsp3) is 0.350. The van der Waals surface area contributed by atoms with Crippen molar-refractivity contribution < 1.29 is 22.7 Å². The van der Waals surface area contributed by atoms with Crippen LogP contribution >= 0.6 is 11.3 Å². The minimum absolute atomic E-state index is 0.0277. The van der Waals surface area contributed by atoms with Crippen LogP contribution in [0.5, 0.6) is 11.5 Å². The summed E-state index contributed by atoms with van der Waals surface area (Å²) in [5, 5.41) is 1.72. The van der Waals surface area contributed by atoms with Crippen LogP contribution < -0.4 is 15.0 Å². The van der Waals surface area contributed by atoms with E-state index in [1.807, 2.05) is 0 Å². The molecule has 1 amide bonds. The maximum Gasteiger partial charge on any atom is 0.271 e. The van der Waals surface area contributed by atoms with Crippen molar-refractivity contribution >= 4 is 32.2 Å². The lowest BCUT2D eigenvalue weighted by Crippen LogP contribution is -2.51. The molecule has 0 radical (unpaired) electrons. The summed E-state index contributed by atoms with van der Waals surface area (Å²) in [5.41, 5.74) is -0.455. The first-order chi connectivity index (χ1) is 15.4. The molecule has 2 aromatic heterocycles. The Hall–Kier alpha value is -2.96. The van der Waals surface area contributed by atoms with E-state index in [-0.39, 0.29) is 36.6 Å². The molecule has 0 bridgehead atoms. The lowest BCUT2D eigenvalue weighted by molar-refractivity contribution is 0.0695. The van der Waals surface area contributed by atoms with E-state index in [1.54, 1.807) is 17.6 Å². The Morgan fingerprint density at radius 2 is 1.81 bits per heavy atom. The van der Waals surface area contributed by atoms with Gasteiger partial charge in [0.2, 0.25) is 10.0 Å². The highest BCUT2D eigenvalue weighted by Gasteiger charge is 2.32. The van der Waals surface area contributed by atoms with Crippen LogP contribution in [-0.2, 0) is 10.0 Å². The van der Waals surface area contributed by atoms with Crippen LogP contribution in [-0.4, -0.2) is 72.3 Å². The van der Waals surface area contributed by atoms with Crippen LogP contribution in [0.4, 0.5) is 0 Å². The van der Waals surface area contributed by atoms with Crippen LogP contribution in [0, 0.1) is 0 Å². The largest absolute Gasteiger partial charge is 0.490 e. The Morgan fingerprint density at radius 3 is 2.59 bits per heavy atom. The number of rotatable bonds is 3. The maximum atomic E-state index is 13.1. The third kappa shape index (κ3) is 3.63. The number of thiazole rings is 1. The monoisotopic (exact) mass is 476 g/mol. The highest BCUT2D eigenvalue weighted by molar-refractivity contribution is 7.89. The molecule has 0 atom stereocenters. The number of nitrogens with zero attached hydrogens (tertiary/aromatic N) is 4. The average Bonchev–Trinajstić information content (AvgIpc) is 3.17. The summed E-state index contributed by atoms with van der Waals surface area (Å²) in [6.45, 7) is 1.58. The summed E-state index contributed by atoms with van der Waals surface area (Å²) in [5.74, 6) is 0.490. The third-order valence-electron chi connectivity index (χ3n) is 5.46. The number of fused-ring (bicyclic) bond motifs is 2. The summed E-state index contributed by atoms with van der Waals surface area (Å²) >= 11 is 1.30. The highest BCUT2D eigenvalue weighted by Crippen LogP contribution is 2.33. The molecule has 0 saturated carbocycles. The molecular formula is C20H20N4O6S2. The molecule has 0 spiro atoms. The number of sulfonamides is 1. The minimum Gasteiger partial charge on any atom is -0.490 e. The number of hydrogen-bond acceptors (Lipinski definition) is 8. The van der Waals surface area contributed by atoms with Gasteiger partial charge in [0.25, 0.3) is 11.5 Å². The Balaban J connectivity index is 1.31. The molecule has 32 heavy (non-hydrogen) atoms. The van der Waals surface area contributed by atoms with Gasteiger partial charge in [-0.3, -0.25) is 14.0 Å². The number of piperazine rings is 1. The van der Waals surface area contributed by atoms with Gasteiger partial charge < -0.3 is 14.4 Å². The van der Waals surface area contributed by atoms with Gasteiger partial charge in [-0.05, 0) is 12.1 Å². The third-order valence-corrected chi connectivity index (χ3v) is 8.12. The second kappa shape index (κ2) is 8.19. The van der Waals surface area contributed by atoms with Crippen LogP contribution in [0.1, 0.15) is 16.8 Å². The van der Waals surface area contributed by atoms with Crippen molar-refractivity contribution in [1.29, 1.82) is 0 Å². The lowest BCUT2D eigenvalue weighted by atomic mass is 10.2. The molecule has 1 saturated heterocycles. The van der Waals surface area contributed by atoms with Crippen molar-refractivity contribution in [2.45, 2.75) is 11.3 Å². The molecule has 2 aliphatic heterocycles. The van der Waals surface area contributed by atoms with Gasteiger partial charge in [-0.15, -0.1) is 11.3 Å². The van der Waals surface area contributed by atoms with Crippen LogP contribution in [0.2, 0.25) is 0 Å². The molecule has 0 aliphatic carbocycles. The van der Waals surface area contributed by atoms with Gasteiger partial charge in [0.15, 0.2) is 16.5 Å². The summed E-state index contributed by atoms with van der Waals surface area (Å²) in [6.07, 6.45) is 3.59. The quantitative estimate of drug-likeness (QED) is 0.556. The van der Waals surface area contributed by atoms with Crippen LogP contribution in [0.3, 0.4) is 0 Å². The molecule has 10 nitrogen and oxygen atoms in total. The maximum absolute atomic E-state index is 13.1. The van der Waals surface area contributed by atoms with Gasteiger partial charge in [0.05, 0.1) is 18.1 Å². The Labute approximate surface area is 187 Å². The summed E-state index contributed by atoms with van der Waals surface area (Å²) in [4.78, 5) is 31.7. The molecule has 3 aromatic rings. The van der Waals surface area contributed by atoms with Gasteiger partial charge in [-0.2, -0.15) is 4.31 Å². The standard InChI is InChI=1S/C20H20N4O6S2/c25-18(15-13-21-20-24(19(15)26)8-11-31-20)22-4-6-23(7-5-22)32(27,28)14-2-3-16-17(12-14)30-10-1-9-29-16/h2-3,8,11-13H,1,4-7,9-10H2. The van der Waals surface area contributed by atoms with E-state index in [2.05, 4.69) is 4.98 Å². The Kier molecular flexibility index (Phi) is 5.35. The normalized spacial score (nSPS) is 17.3. The first-order valence-corrected chi connectivity index (χ1v) is 12.4. The molecule has 1 fully saturated rings. The minimum atomic E-state index is -3.77. The first-order valence-electron chi connectivity index (χ1n) is 10.1. The first kappa shape index (κ1) is 20.9. The van der Waals surface area contributed by atoms with E-state index < -0.39 is 21.5 Å². The topological polar surface area (TPSA) is 111 Å². The molecule has 168 valence electrons. The van der Waals surface area contributed by atoms with Crippen molar-refractivity contribution in [2.75, 3.05) is 39.4 Å². The van der Waals surface area contributed by atoms with Gasteiger partial charge in [0, 0.05) is 56.4 Å². The van der Waals surface area contributed by atoms with Crippen LogP contribution in [0.15, 0.2) is 45.7 Å². The van der Waals surface area contributed by atoms with Crippen LogP contribution in [0.25, 0.3) is 4.96 Å². The van der Waals surface area contributed by atoms with Crippen molar-refractivity contribution in [3.8, 4) is 11.5 Å². The van der Waals surface area contributed by atoms with Gasteiger partial charge in [-0.25, -0.2) is 13.4 Å². The Morgan fingerprint density at radius 1 is 1.06 bits per heavy atom. The molecule has 12 heteroatoms. The molecule has 2 aliphatic rings. The summed E-state index contributed by atoms with van der Waals surface area (Å²) in [7, 11) is -3.77. The molecule has 4 heterocycles. The number of aromatic nitrogens is 2. The van der Waals surface area contributed by atoms with E-state index in [4.69, 9.17) is 9.47 Å². The predicted octanol–water partition coefficient (Wildman–Crippen LogP) is 1.06. The molecule has 5 rings (SSSR count). The second-order valence-corrected chi connectivity index (χ2v) is 10.2. The zero-order valence-corrected chi connectivity index (χ0v) is 18.6. The van der Waals surface area contributed by atoms with E-state index in [0.717, 1.165) is 6.42 Å². The lowest BCUT2D eigenvalue weighted by Gasteiger charge is -2.33. The fourth-order valence-electron chi connectivity index (χ4n) is 3.73. The van der Waals surface area contributed by atoms with Gasteiger partial charge in [0.1, 0.15) is 5.56 Å². The SMILES string of the molecule is O=C(c1cnc2sccn2c1=O)N1CCN(S(=O)(=O)c2ccc3c(c2)OCCCO3)CC1. The number of carbonyl (C=O) groups is 1. The zero-order chi connectivity index (χ0) is 22.3. The zero-order valence-electron chi connectivity index (χ0n) is 17.0. The summed E-state index contributed by atoms with van der Waals surface area (Å²) in [6, 6.07) is 4.59. The predicted molar refractivity (Wildman–Crippen MR) is 116 cm³/mol. The van der Waals surface area contributed by atoms with E-state index >= 15 is 0 Å². The van der Waals surface area contributed by atoms with Crippen molar-refractivity contribution in [3.63, 3.8) is 0 Å². The molecule has 0 N–H and O–H groups in total. The molecular weight excluding hydrogens is 456 g/mol. The summed E-state index contributed by atoms with van der Waals surface area (Å²) < 4.78 is 40.1. The van der Waals surface area contributed by atoms with Crippen molar-refractivity contribution in [2.24, 2.45) is 0 Å². The van der Waals surface area contributed by atoms with Gasteiger partial charge in [-0.1, -0.05) is 0 Å². The Bertz CT molecular complexity index is 1340. The smallest absolute Gasteiger partial charge is 0.271 e. The number of amides is 1. The second-order valence-electron chi connectivity index (χ2n) is 7.39. The number of benzene rings is 1. The number of carbonyl (C=O) groups excluding carboxylic acids is 1. The van der Waals surface area contributed by atoms with E-state index in [1.165, 1.54) is 43.3 Å². The van der Waals surface area contributed by atoms with E-state index in [0.29, 0.717) is 29.7 Å². The molecule has 1 aromatic carbocycles. The highest BCUT2D eigenvalue weighted by atomic mass is 32.2. The average molecular weight is 477 g/mol. The van der Waals surface area contributed by atoms with E-state index in [9.17, 15) is 18.0 Å².